The summed E-state index contributed by atoms with van der Waals surface area (Å²) in [6, 6.07) is 0.244. The standard InChI is InChI=1S/C9H17NO2/c1-3-6-10(8-4-5-8)7(2)9(11)12/h7-8H,3-6H2,1-2H3,(H,11,12). The Kier molecular flexibility index (Phi) is 3.09. The Morgan fingerprint density at radius 3 is 2.58 bits per heavy atom. The van der Waals surface area contributed by atoms with E-state index in [1.807, 2.05) is 0 Å². The summed E-state index contributed by atoms with van der Waals surface area (Å²) >= 11 is 0. The van der Waals surface area contributed by atoms with E-state index in [9.17, 15) is 4.79 Å². The highest BCUT2D eigenvalue weighted by atomic mass is 16.4. The molecule has 0 radical (unpaired) electrons. The van der Waals surface area contributed by atoms with Crippen LogP contribution in [-0.2, 0) is 4.79 Å². The fourth-order valence-electron chi connectivity index (χ4n) is 1.50. The van der Waals surface area contributed by atoms with Crippen molar-refractivity contribution in [2.45, 2.75) is 45.2 Å². The zero-order chi connectivity index (χ0) is 9.14. The smallest absolute Gasteiger partial charge is 0.320 e. The second kappa shape index (κ2) is 3.90. The highest BCUT2D eigenvalue weighted by molar-refractivity contribution is 5.73. The fraction of sp³-hybridized carbons (Fsp3) is 0.889. The molecule has 70 valence electrons. The van der Waals surface area contributed by atoms with Gasteiger partial charge in [-0.05, 0) is 32.7 Å². The lowest BCUT2D eigenvalue weighted by Crippen LogP contribution is -2.40. The first kappa shape index (κ1) is 9.52. The number of hydrogen-bond donors (Lipinski definition) is 1. The molecule has 3 heteroatoms. The second-order valence-electron chi connectivity index (χ2n) is 3.48. The lowest BCUT2D eigenvalue weighted by Gasteiger charge is -2.25. The van der Waals surface area contributed by atoms with Crippen molar-refractivity contribution in [3.05, 3.63) is 0 Å². The highest BCUT2D eigenvalue weighted by Gasteiger charge is 2.33. The predicted molar refractivity (Wildman–Crippen MR) is 47.1 cm³/mol. The Morgan fingerprint density at radius 2 is 2.25 bits per heavy atom. The van der Waals surface area contributed by atoms with Gasteiger partial charge in [0.25, 0.3) is 0 Å². The molecule has 1 aliphatic carbocycles. The fourth-order valence-corrected chi connectivity index (χ4v) is 1.50. The average molecular weight is 171 g/mol. The molecule has 0 spiro atoms. The van der Waals surface area contributed by atoms with Crippen LogP contribution in [0.25, 0.3) is 0 Å². The third-order valence-electron chi connectivity index (χ3n) is 2.35. The molecule has 0 aliphatic heterocycles. The summed E-state index contributed by atoms with van der Waals surface area (Å²) in [5.41, 5.74) is 0. The SMILES string of the molecule is CCCN(C1CC1)C(C)C(=O)O. The summed E-state index contributed by atoms with van der Waals surface area (Å²) in [5, 5.41) is 8.81. The Labute approximate surface area is 73.4 Å². The monoisotopic (exact) mass is 171 g/mol. The maximum absolute atomic E-state index is 10.7. The quantitative estimate of drug-likeness (QED) is 0.678. The van der Waals surface area contributed by atoms with E-state index in [0.29, 0.717) is 6.04 Å². The van der Waals surface area contributed by atoms with E-state index in [2.05, 4.69) is 11.8 Å². The van der Waals surface area contributed by atoms with E-state index in [0.717, 1.165) is 13.0 Å². The van der Waals surface area contributed by atoms with Crippen LogP contribution in [0.4, 0.5) is 0 Å². The van der Waals surface area contributed by atoms with E-state index in [1.54, 1.807) is 6.92 Å². The van der Waals surface area contributed by atoms with Crippen LogP contribution >= 0.6 is 0 Å². The molecule has 12 heavy (non-hydrogen) atoms. The number of carbonyl (C=O) groups is 1. The van der Waals surface area contributed by atoms with Crippen LogP contribution in [-0.4, -0.2) is 34.6 Å². The third kappa shape index (κ3) is 2.21. The van der Waals surface area contributed by atoms with Crippen molar-refractivity contribution in [3.63, 3.8) is 0 Å². The molecule has 1 N–H and O–H groups in total. The van der Waals surface area contributed by atoms with Crippen molar-refractivity contribution in [1.29, 1.82) is 0 Å². The molecular weight excluding hydrogens is 154 g/mol. The van der Waals surface area contributed by atoms with Gasteiger partial charge in [-0.2, -0.15) is 0 Å². The van der Waals surface area contributed by atoms with Gasteiger partial charge in [0.2, 0.25) is 0 Å². The maximum atomic E-state index is 10.7. The van der Waals surface area contributed by atoms with Gasteiger partial charge < -0.3 is 5.11 Å². The Hall–Kier alpha value is -0.570. The minimum Gasteiger partial charge on any atom is -0.480 e. The molecule has 0 aromatic rings. The number of aliphatic carboxylic acids is 1. The molecular formula is C9H17NO2. The van der Waals surface area contributed by atoms with Crippen molar-refractivity contribution in [2.24, 2.45) is 0 Å². The lowest BCUT2D eigenvalue weighted by atomic mass is 10.2. The molecule has 0 saturated heterocycles. The Morgan fingerprint density at radius 1 is 1.67 bits per heavy atom. The molecule has 1 aliphatic rings. The molecule has 1 saturated carbocycles. The van der Waals surface area contributed by atoms with Gasteiger partial charge in [-0.1, -0.05) is 6.92 Å². The number of carboxylic acids is 1. The van der Waals surface area contributed by atoms with E-state index < -0.39 is 5.97 Å². The molecule has 0 amide bonds. The van der Waals surface area contributed by atoms with Gasteiger partial charge in [-0.15, -0.1) is 0 Å². The largest absolute Gasteiger partial charge is 0.480 e. The molecule has 0 aromatic heterocycles. The minimum absolute atomic E-state index is 0.308. The summed E-state index contributed by atoms with van der Waals surface area (Å²) in [5.74, 6) is -0.699. The molecule has 3 nitrogen and oxygen atoms in total. The lowest BCUT2D eigenvalue weighted by molar-refractivity contribution is -0.142. The van der Waals surface area contributed by atoms with E-state index in [-0.39, 0.29) is 6.04 Å². The molecule has 1 fully saturated rings. The number of rotatable bonds is 5. The van der Waals surface area contributed by atoms with Crippen LogP contribution in [0.15, 0.2) is 0 Å². The molecule has 1 unspecified atom stereocenters. The second-order valence-corrected chi connectivity index (χ2v) is 3.48. The summed E-state index contributed by atoms with van der Waals surface area (Å²) < 4.78 is 0. The normalized spacial score (nSPS) is 19.6. The van der Waals surface area contributed by atoms with Gasteiger partial charge in [0, 0.05) is 6.04 Å². The molecule has 1 rings (SSSR count). The van der Waals surface area contributed by atoms with E-state index >= 15 is 0 Å². The highest BCUT2D eigenvalue weighted by Crippen LogP contribution is 2.28. The first-order valence-corrected chi connectivity index (χ1v) is 4.65. The summed E-state index contributed by atoms with van der Waals surface area (Å²) in [7, 11) is 0. The first-order chi connectivity index (χ1) is 5.66. The zero-order valence-electron chi connectivity index (χ0n) is 7.79. The van der Waals surface area contributed by atoms with Crippen LogP contribution < -0.4 is 0 Å². The molecule has 0 aromatic carbocycles. The van der Waals surface area contributed by atoms with Gasteiger partial charge in [0.05, 0.1) is 0 Å². The van der Waals surface area contributed by atoms with Crippen molar-refractivity contribution in [2.75, 3.05) is 6.54 Å². The van der Waals surface area contributed by atoms with E-state index in [4.69, 9.17) is 5.11 Å². The summed E-state index contributed by atoms with van der Waals surface area (Å²) in [6.45, 7) is 4.78. The summed E-state index contributed by atoms with van der Waals surface area (Å²) in [4.78, 5) is 12.8. The van der Waals surface area contributed by atoms with Gasteiger partial charge in [-0.25, -0.2) is 0 Å². The number of carboxylic acid groups (broad SMARTS) is 1. The van der Waals surface area contributed by atoms with Crippen LogP contribution in [0, 0.1) is 0 Å². The molecule has 1 atom stereocenters. The van der Waals surface area contributed by atoms with Gasteiger partial charge >= 0.3 is 5.97 Å². The zero-order valence-corrected chi connectivity index (χ0v) is 7.79. The van der Waals surface area contributed by atoms with Crippen LogP contribution in [0.3, 0.4) is 0 Å². The molecule has 0 heterocycles. The van der Waals surface area contributed by atoms with Gasteiger partial charge in [-0.3, -0.25) is 9.69 Å². The minimum atomic E-state index is -0.699. The van der Waals surface area contributed by atoms with E-state index in [1.165, 1.54) is 12.8 Å². The van der Waals surface area contributed by atoms with Crippen LogP contribution in [0.2, 0.25) is 0 Å². The average Bonchev–Trinajstić information content (AvgIpc) is 2.81. The number of nitrogens with zero attached hydrogens (tertiary/aromatic N) is 1. The van der Waals surface area contributed by atoms with Crippen LogP contribution in [0.5, 0.6) is 0 Å². The predicted octanol–water partition coefficient (Wildman–Crippen LogP) is 1.33. The maximum Gasteiger partial charge on any atom is 0.320 e. The first-order valence-electron chi connectivity index (χ1n) is 4.65. The Bertz CT molecular complexity index is 166. The summed E-state index contributed by atoms with van der Waals surface area (Å²) in [6.07, 6.45) is 3.39. The topological polar surface area (TPSA) is 40.5 Å². The third-order valence-corrected chi connectivity index (χ3v) is 2.35. The van der Waals surface area contributed by atoms with Crippen molar-refractivity contribution >= 4 is 5.97 Å². The van der Waals surface area contributed by atoms with Crippen molar-refractivity contribution in [1.82, 2.24) is 4.90 Å². The van der Waals surface area contributed by atoms with Crippen molar-refractivity contribution < 1.29 is 9.90 Å². The molecule has 0 bridgehead atoms. The number of hydrogen-bond acceptors (Lipinski definition) is 2. The van der Waals surface area contributed by atoms with Crippen LogP contribution in [0.1, 0.15) is 33.1 Å². The van der Waals surface area contributed by atoms with Gasteiger partial charge in [0.1, 0.15) is 6.04 Å². The van der Waals surface area contributed by atoms with Gasteiger partial charge in [0.15, 0.2) is 0 Å². The Balaban J connectivity index is 2.45. The van der Waals surface area contributed by atoms with Crippen molar-refractivity contribution in [3.8, 4) is 0 Å².